The summed E-state index contributed by atoms with van der Waals surface area (Å²) in [5.41, 5.74) is 2.30. The third kappa shape index (κ3) is 2.59. The van der Waals surface area contributed by atoms with E-state index in [2.05, 4.69) is 21.2 Å². The average Bonchev–Trinajstić information content (AvgIpc) is 2.85. The molecule has 0 aliphatic carbocycles. The van der Waals surface area contributed by atoms with E-state index < -0.39 is 6.10 Å². The van der Waals surface area contributed by atoms with E-state index in [1.54, 1.807) is 7.05 Å². The fourth-order valence-electron chi connectivity index (χ4n) is 2.42. The van der Waals surface area contributed by atoms with Crippen molar-refractivity contribution in [1.29, 1.82) is 0 Å². The van der Waals surface area contributed by atoms with Crippen molar-refractivity contribution in [3.8, 4) is 0 Å². The Bertz CT molecular complexity index is 710. The molecule has 0 spiro atoms. The van der Waals surface area contributed by atoms with Crippen molar-refractivity contribution in [1.82, 2.24) is 5.32 Å². The smallest absolute Gasteiger partial charge is 0.213 e. The summed E-state index contributed by atoms with van der Waals surface area (Å²) in [4.78, 5) is 12.7. The fraction of sp³-hybridized carbons (Fsp3) is 0.118. The number of benzene rings is 2. The zero-order valence-electron chi connectivity index (χ0n) is 11.5. The normalized spacial score (nSPS) is 17.8. The van der Waals surface area contributed by atoms with Crippen molar-refractivity contribution in [3.63, 3.8) is 0 Å². The van der Waals surface area contributed by atoms with Crippen LogP contribution in [0.1, 0.15) is 17.2 Å². The Balaban J connectivity index is 2.01. The number of halogens is 1. The van der Waals surface area contributed by atoms with Crippen molar-refractivity contribution in [2.45, 2.75) is 6.10 Å². The molecule has 0 aromatic heterocycles. The number of ether oxygens (including phenoxy) is 1. The molecule has 1 atom stereocenters. The van der Waals surface area contributed by atoms with Crippen LogP contribution in [0.15, 0.2) is 65.0 Å². The summed E-state index contributed by atoms with van der Waals surface area (Å²) in [6.45, 7) is 0. The van der Waals surface area contributed by atoms with Gasteiger partial charge in [-0.05, 0) is 17.7 Å². The highest BCUT2D eigenvalue weighted by molar-refractivity contribution is 9.10. The van der Waals surface area contributed by atoms with Gasteiger partial charge in [0, 0.05) is 17.1 Å². The van der Waals surface area contributed by atoms with Crippen molar-refractivity contribution >= 4 is 27.3 Å². The van der Waals surface area contributed by atoms with Gasteiger partial charge < -0.3 is 10.1 Å². The lowest BCUT2D eigenvalue weighted by molar-refractivity contribution is -0.120. The minimum absolute atomic E-state index is 0.0244. The highest BCUT2D eigenvalue weighted by Gasteiger charge is 2.36. The topological polar surface area (TPSA) is 38.3 Å². The number of carbonyl (C=O) groups excluding carboxylic acids is 1. The molecule has 1 aliphatic rings. The molecule has 2 aromatic rings. The average molecular weight is 344 g/mol. The van der Waals surface area contributed by atoms with Gasteiger partial charge in [-0.15, -0.1) is 0 Å². The highest BCUT2D eigenvalue weighted by Crippen LogP contribution is 2.37. The fourth-order valence-corrected chi connectivity index (χ4v) is 2.82. The summed E-state index contributed by atoms with van der Waals surface area (Å²) in [5, 5.41) is 2.98. The van der Waals surface area contributed by atoms with E-state index in [0.29, 0.717) is 11.5 Å². The molecule has 0 saturated carbocycles. The van der Waals surface area contributed by atoms with E-state index in [4.69, 9.17) is 4.74 Å². The van der Waals surface area contributed by atoms with Gasteiger partial charge in [-0.3, -0.25) is 4.79 Å². The van der Waals surface area contributed by atoms with Crippen molar-refractivity contribution in [3.05, 3.63) is 76.1 Å². The van der Waals surface area contributed by atoms with E-state index in [-0.39, 0.29) is 5.78 Å². The molecule has 1 heterocycles. The van der Waals surface area contributed by atoms with Crippen molar-refractivity contribution in [2.24, 2.45) is 0 Å². The number of hydrogen-bond acceptors (Lipinski definition) is 3. The molecule has 0 amide bonds. The van der Waals surface area contributed by atoms with Crippen LogP contribution in [0.3, 0.4) is 0 Å². The van der Waals surface area contributed by atoms with Gasteiger partial charge in [0.25, 0.3) is 0 Å². The molecule has 2 aromatic carbocycles. The Labute approximate surface area is 131 Å². The Morgan fingerprint density at radius 3 is 2.52 bits per heavy atom. The third-order valence-corrected chi connectivity index (χ3v) is 3.88. The van der Waals surface area contributed by atoms with Crippen LogP contribution in [-0.2, 0) is 9.53 Å². The van der Waals surface area contributed by atoms with Gasteiger partial charge >= 0.3 is 0 Å². The molecular weight excluding hydrogens is 330 g/mol. The highest BCUT2D eigenvalue weighted by atomic mass is 79.9. The Morgan fingerprint density at radius 1 is 1.10 bits per heavy atom. The zero-order valence-corrected chi connectivity index (χ0v) is 13.1. The number of rotatable bonds is 3. The molecule has 1 unspecified atom stereocenters. The van der Waals surface area contributed by atoms with Crippen LogP contribution in [0.4, 0.5) is 0 Å². The van der Waals surface area contributed by atoms with Crippen LogP contribution in [0, 0.1) is 0 Å². The van der Waals surface area contributed by atoms with Crippen LogP contribution in [0.5, 0.6) is 0 Å². The molecule has 21 heavy (non-hydrogen) atoms. The summed E-state index contributed by atoms with van der Waals surface area (Å²) < 4.78 is 6.75. The molecule has 1 N–H and O–H groups in total. The summed E-state index contributed by atoms with van der Waals surface area (Å²) in [6, 6.07) is 17.2. The Hall–Kier alpha value is -2.07. The minimum Gasteiger partial charge on any atom is -0.462 e. The lowest BCUT2D eigenvalue weighted by atomic mass is 9.97. The van der Waals surface area contributed by atoms with Gasteiger partial charge in [-0.2, -0.15) is 0 Å². The molecule has 4 heteroatoms. The first-order valence-corrected chi connectivity index (χ1v) is 7.44. The molecule has 0 saturated heterocycles. The van der Waals surface area contributed by atoms with E-state index in [0.717, 1.165) is 15.6 Å². The molecule has 106 valence electrons. The van der Waals surface area contributed by atoms with Gasteiger partial charge in [0.2, 0.25) is 5.78 Å². The van der Waals surface area contributed by atoms with Gasteiger partial charge in [-0.25, -0.2) is 0 Å². The third-order valence-electron chi connectivity index (χ3n) is 3.39. The quantitative estimate of drug-likeness (QED) is 0.923. The van der Waals surface area contributed by atoms with E-state index >= 15 is 0 Å². The second-order valence-electron chi connectivity index (χ2n) is 4.74. The summed E-state index contributed by atoms with van der Waals surface area (Å²) in [7, 11) is 1.76. The molecule has 0 fully saturated rings. The molecule has 3 rings (SSSR count). The van der Waals surface area contributed by atoms with Crippen LogP contribution in [0.25, 0.3) is 5.57 Å². The lowest BCUT2D eigenvalue weighted by Crippen LogP contribution is -2.10. The van der Waals surface area contributed by atoms with E-state index in [1.807, 2.05) is 54.6 Å². The maximum Gasteiger partial charge on any atom is 0.213 e. The molecule has 3 nitrogen and oxygen atoms in total. The molecule has 0 bridgehead atoms. The standard InChI is InChI=1S/C17H14BrNO2/c1-19-17-14(12-8-5-9-13(18)10-12)15(20)16(21-17)11-6-3-2-4-7-11/h2-10,16,19H,1H3. The predicted octanol–water partition coefficient (Wildman–Crippen LogP) is 3.68. The van der Waals surface area contributed by atoms with E-state index in [9.17, 15) is 4.79 Å². The number of carbonyl (C=O) groups is 1. The SMILES string of the molecule is CNC1=C(c2cccc(Br)c2)C(=O)C(c2ccccc2)O1. The maximum absolute atomic E-state index is 12.7. The van der Waals surface area contributed by atoms with Crippen LogP contribution < -0.4 is 5.32 Å². The number of nitrogens with one attached hydrogen (secondary N) is 1. The van der Waals surface area contributed by atoms with Crippen LogP contribution in [-0.4, -0.2) is 12.8 Å². The summed E-state index contributed by atoms with van der Waals surface area (Å²) in [6.07, 6.45) is -0.581. The monoisotopic (exact) mass is 343 g/mol. The predicted molar refractivity (Wildman–Crippen MR) is 85.4 cm³/mol. The van der Waals surface area contributed by atoms with Crippen molar-refractivity contribution < 1.29 is 9.53 Å². The minimum atomic E-state index is -0.581. The summed E-state index contributed by atoms with van der Waals surface area (Å²) >= 11 is 3.44. The first kappa shape index (κ1) is 13.9. The van der Waals surface area contributed by atoms with Gasteiger partial charge in [0.05, 0.1) is 5.57 Å². The van der Waals surface area contributed by atoms with Gasteiger partial charge in [0.15, 0.2) is 12.0 Å². The van der Waals surface area contributed by atoms with E-state index in [1.165, 1.54) is 0 Å². The van der Waals surface area contributed by atoms with Gasteiger partial charge in [0.1, 0.15) is 0 Å². The number of ketones is 1. The zero-order chi connectivity index (χ0) is 14.8. The van der Waals surface area contributed by atoms with Crippen LogP contribution >= 0.6 is 15.9 Å². The number of hydrogen-bond donors (Lipinski definition) is 1. The largest absolute Gasteiger partial charge is 0.462 e. The second-order valence-corrected chi connectivity index (χ2v) is 5.65. The molecule has 0 radical (unpaired) electrons. The maximum atomic E-state index is 12.7. The lowest BCUT2D eigenvalue weighted by Gasteiger charge is -2.11. The second kappa shape index (κ2) is 5.74. The Kier molecular flexibility index (Phi) is 3.80. The first-order chi connectivity index (χ1) is 10.2. The van der Waals surface area contributed by atoms with Gasteiger partial charge in [-0.1, -0.05) is 58.4 Å². The summed E-state index contributed by atoms with van der Waals surface area (Å²) in [5.74, 6) is 0.496. The molecule has 1 aliphatic heterocycles. The molecular formula is C17H14BrNO2. The number of Topliss-reactive ketones (excluding diaryl/α,β-unsaturated/α-hetero) is 1. The van der Waals surface area contributed by atoms with Crippen LogP contribution in [0.2, 0.25) is 0 Å². The Morgan fingerprint density at radius 2 is 1.86 bits per heavy atom. The first-order valence-electron chi connectivity index (χ1n) is 6.64. The van der Waals surface area contributed by atoms with Crippen molar-refractivity contribution in [2.75, 3.05) is 7.05 Å².